The van der Waals surface area contributed by atoms with Crippen LogP contribution in [0.4, 0.5) is 11.4 Å². The van der Waals surface area contributed by atoms with Gasteiger partial charge in [-0.05, 0) is 12.1 Å². The number of rotatable bonds is 4. The van der Waals surface area contributed by atoms with Gasteiger partial charge in [-0.1, -0.05) is 19.1 Å². The number of benzene rings is 1. The van der Waals surface area contributed by atoms with Crippen molar-refractivity contribution in [3.8, 4) is 0 Å². The number of anilines is 2. The van der Waals surface area contributed by atoms with Crippen molar-refractivity contribution in [1.29, 1.82) is 0 Å². The lowest BCUT2D eigenvalue weighted by Crippen LogP contribution is -2.02. The quantitative estimate of drug-likeness (QED) is 0.686. The molecule has 1 heterocycles. The molecule has 0 unspecified atom stereocenters. The van der Waals surface area contributed by atoms with E-state index in [1.54, 1.807) is 0 Å². The van der Waals surface area contributed by atoms with Gasteiger partial charge in [0.25, 0.3) is 0 Å². The summed E-state index contributed by atoms with van der Waals surface area (Å²) in [6, 6.07) is 7.72. The number of aryl methyl sites for hydroxylation is 1. The highest BCUT2D eigenvalue weighted by molar-refractivity contribution is 5.65. The van der Waals surface area contributed by atoms with Crippen LogP contribution in [0.5, 0.6) is 0 Å². The van der Waals surface area contributed by atoms with E-state index < -0.39 is 0 Å². The maximum atomic E-state index is 5.83. The van der Waals surface area contributed by atoms with Crippen LogP contribution in [0.3, 0.4) is 0 Å². The van der Waals surface area contributed by atoms with Gasteiger partial charge in [0.1, 0.15) is 5.82 Å². The van der Waals surface area contributed by atoms with Gasteiger partial charge >= 0.3 is 0 Å². The Balaban J connectivity index is 1.99. The molecule has 16 heavy (non-hydrogen) atoms. The number of para-hydroxylation sites is 2. The van der Waals surface area contributed by atoms with Gasteiger partial charge in [-0.25, -0.2) is 4.98 Å². The van der Waals surface area contributed by atoms with Crippen LogP contribution in [0.25, 0.3) is 0 Å². The second-order valence-electron chi connectivity index (χ2n) is 3.63. The fraction of sp³-hybridized carbons (Fsp3) is 0.250. The standard InChI is InChI=1S/C12H16N4/c1-2-12-15-8-9(16-12)7-14-11-6-4-3-5-10(11)13/h3-6,8,14H,2,7,13H2,1H3,(H,15,16). The lowest BCUT2D eigenvalue weighted by Gasteiger charge is -2.06. The molecule has 0 fully saturated rings. The fourth-order valence-electron chi connectivity index (χ4n) is 1.52. The molecule has 2 rings (SSSR count). The number of hydrogen-bond acceptors (Lipinski definition) is 3. The van der Waals surface area contributed by atoms with Gasteiger partial charge in [0.15, 0.2) is 0 Å². The van der Waals surface area contributed by atoms with Crippen LogP contribution in [-0.4, -0.2) is 9.97 Å². The van der Waals surface area contributed by atoms with Crippen molar-refractivity contribution in [2.45, 2.75) is 19.9 Å². The first-order chi connectivity index (χ1) is 7.79. The highest BCUT2D eigenvalue weighted by Gasteiger charge is 2.00. The summed E-state index contributed by atoms with van der Waals surface area (Å²) >= 11 is 0. The molecular formula is C12H16N4. The normalized spacial score (nSPS) is 10.3. The molecule has 4 nitrogen and oxygen atoms in total. The second kappa shape index (κ2) is 4.70. The van der Waals surface area contributed by atoms with E-state index in [0.29, 0.717) is 6.54 Å². The zero-order valence-corrected chi connectivity index (χ0v) is 9.33. The minimum atomic E-state index is 0.685. The van der Waals surface area contributed by atoms with Crippen LogP contribution >= 0.6 is 0 Å². The summed E-state index contributed by atoms with van der Waals surface area (Å²) < 4.78 is 0. The Morgan fingerprint density at radius 3 is 2.88 bits per heavy atom. The molecule has 0 bridgehead atoms. The predicted molar refractivity (Wildman–Crippen MR) is 66.1 cm³/mol. The van der Waals surface area contributed by atoms with Crippen LogP contribution in [0, 0.1) is 0 Å². The SMILES string of the molecule is CCc1nc(CNc2ccccc2N)c[nH]1. The molecular weight excluding hydrogens is 200 g/mol. The summed E-state index contributed by atoms with van der Waals surface area (Å²) in [5, 5.41) is 3.26. The van der Waals surface area contributed by atoms with Gasteiger partial charge in [-0.15, -0.1) is 0 Å². The third-order valence-electron chi connectivity index (χ3n) is 2.44. The molecule has 0 atom stereocenters. The first-order valence-corrected chi connectivity index (χ1v) is 5.41. The molecule has 0 aliphatic rings. The Kier molecular flexibility index (Phi) is 3.10. The molecule has 1 aromatic heterocycles. The Labute approximate surface area is 94.9 Å². The van der Waals surface area contributed by atoms with E-state index in [9.17, 15) is 0 Å². The van der Waals surface area contributed by atoms with Crippen molar-refractivity contribution >= 4 is 11.4 Å². The van der Waals surface area contributed by atoms with Crippen LogP contribution in [0.1, 0.15) is 18.4 Å². The number of aromatic amines is 1. The average molecular weight is 216 g/mol. The van der Waals surface area contributed by atoms with Crippen molar-refractivity contribution in [2.24, 2.45) is 0 Å². The third-order valence-corrected chi connectivity index (χ3v) is 2.44. The minimum Gasteiger partial charge on any atom is -0.397 e. The molecule has 1 aromatic carbocycles. The van der Waals surface area contributed by atoms with E-state index in [0.717, 1.165) is 29.3 Å². The number of imidazole rings is 1. The van der Waals surface area contributed by atoms with Crippen LogP contribution < -0.4 is 11.1 Å². The van der Waals surface area contributed by atoms with Crippen molar-refractivity contribution in [1.82, 2.24) is 9.97 Å². The Hall–Kier alpha value is -1.97. The van der Waals surface area contributed by atoms with E-state index in [-0.39, 0.29) is 0 Å². The Morgan fingerprint density at radius 1 is 1.38 bits per heavy atom. The van der Waals surface area contributed by atoms with Crippen molar-refractivity contribution in [3.63, 3.8) is 0 Å². The highest BCUT2D eigenvalue weighted by atomic mass is 15.0. The van der Waals surface area contributed by atoms with Gasteiger partial charge in [0.05, 0.1) is 23.6 Å². The minimum absolute atomic E-state index is 0.685. The highest BCUT2D eigenvalue weighted by Crippen LogP contribution is 2.17. The smallest absolute Gasteiger partial charge is 0.106 e. The molecule has 0 amide bonds. The number of nitrogens with zero attached hydrogens (tertiary/aromatic N) is 1. The van der Waals surface area contributed by atoms with Crippen LogP contribution in [0.2, 0.25) is 0 Å². The molecule has 4 N–H and O–H groups in total. The number of hydrogen-bond donors (Lipinski definition) is 3. The van der Waals surface area contributed by atoms with Gasteiger partial charge in [0.2, 0.25) is 0 Å². The molecule has 0 aliphatic heterocycles. The molecule has 0 aliphatic carbocycles. The first-order valence-electron chi connectivity index (χ1n) is 5.41. The zero-order chi connectivity index (χ0) is 11.4. The van der Waals surface area contributed by atoms with E-state index in [1.807, 2.05) is 30.5 Å². The molecule has 0 radical (unpaired) electrons. The monoisotopic (exact) mass is 216 g/mol. The van der Waals surface area contributed by atoms with E-state index >= 15 is 0 Å². The Bertz CT molecular complexity index is 462. The van der Waals surface area contributed by atoms with E-state index in [1.165, 1.54) is 0 Å². The summed E-state index contributed by atoms with van der Waals surface area (Å²) in [4.78, 5) is 7.54. The van der Waals surface area contributed by atoms with E-state index in [4.69, 9.17) is 5.73 Å². The summed E-state index contributed by atoms with van der Waals surface area (Å²) in [6.45, 7) is 2.76. The second-order valence-corrected chi connectivity index (χ2v) is 3.63. The first kappa shape index (κ1) is 10.5. The van der Waals surface area contributed by atoms with E-state index in [2.05, 4.69) is 22.2 Å². The molecule has 84 valence electrons. The largest absolute Gasteiger partial charge is 0.397 e. The molecule has 2 aromatic rings. The predicted octanol–water partition coefficient (Wildman–Crippen LogP) is 2.17. The zero-order valence-electron chi connectivity index (χ0n) is 9.33. The number of nitrogens with two attached hydrogens (primary N) is 1. The number of nitrogens with one attached hydrogen (secondary N) is 2. The molecule has 0 spiro atoms. The summed E-state index contributed by atoms with van der Waals surface area (Å²) in [6.07, 6.45) is 2.85. The Morgan fingerprint density at radius 2 is 2.19 bits per heavy atom. The molecule has 0 saturated carbocycles. The van der Waals surface area contributed by atoms with Gasteiger partial charge in [-0.2, -0.15) is 0 Å². The number of H-pyrrole nitrogens is 1. The average Bonchev–Trinajstić information content (AvgIpc) is 2.76. The third kappa shape index (κ3) is 2.34. The lowest BCUT2D eigenvalue weighted by atomic mass is 10.2. The summed E-state index contributed by atoms with van der Waals surface area (Å²) in [5.41, 5.74) is 8.53. The topological polar surface area (TPSA) is 66.7 Å². The van der Waals surface area contributed by atoms with Gasteiger partial charge in [-0.3, -0.25) is 0 Å². The van der Waals surface area contributed by atoms with Gasteiger partial charge in [0, 0.05) is 12.6 Å². The van der Waals surface area contributed by atoms with Crippen LogP contribution in [0.15, 0.2) is 30.5 Å². The van der Waals surface area contributed by atoms with Crippen molar-refractivity contribution in [3.05, 3.63) is 42.0 Å². The summed E-state index contributed by atoms with van der Waals surface area (Å²) in [7, 11) is 0. The number of aromatic nitrogens is 2. The lowest BCUT2D eigenvalue weighted by molar-refractivity contribution is 0.965. The summed E-state index contributed by atoms with van der Waals surface area (Å²) in [5.74, 6) is 1.01. The van der Waals surface area contributed by atoms with Gasteiger partial charge < -0.3 is 16.0 Å². The van der Waals surface area contributed by atoms with Crippen molar-refractivity contribution < 1.29 is 0 Å². The fourth-order valence-corrected chi connectivity index (χ4v) is 1.52. The van der Waals surface area contributed by atoms with Crippen LogP contribution in [-0.2, 0) is 13.0 Å². The number of nitrogen functional groups attached to an aromatic ring is 1. The molecule has 0 saturated heterocycles. The maximum Gasteiger partial charge on any atom is 0.106 e. The molecule has 4 heteroatoms. The van der Waals surface area contributed by atoms with Crippen molar-refractivity contribution in [2.75, 3.05) is 11.1 Å². The maximum absolute atomic E-state index is 5.83.